The zero-order valence-corrected chi connectivity index (χ0v) is 12.7. The van der Waals surface area contributed by atoms with Crippen LogP contribution in [0.4, 0.5) is 5.95 Å². The molecule has 3 rings (SSSR count). The number of anilines is 1. The van der Waals surface area contributed by atoms with E-state index >= 15 is 0 Å². The van der Waals surface area contributed by atoms with Gasteiger partial charge in [0.2, 0.25) is 5.95 Å². The van der Waals surface area contributed by atoms with E-state index in [9.17, 15) is 0 Å². The van der Waals surface area contributed by atoms with E-state index in [2.05, 4.69) is 39.0 Å². The molecule has 0 saturated carbocycles. The smallest absolute Gasteiger partial charge is 0.244 e. The molecule has 21 heavy (non-hydrogen) atoms. The highest BCUT2D eigenvalue weighted by Crippen LogP contribution is 2.31. The number of hydrogen-bond acceptors (Lipinski definition) is 5. The van der Waals surface area contributed by atoms with Crippen molar-refractivity contribution in [3.8, 4) is 0 Å². The summed E-state index contributed by atoms with van der Waals surface area (Å²) in [6.07, 6.45) is 5.87. The minimum atomic E-state index is 0.0559. The lowest BCUT2D eigenvalue weighted by atomic mass is 9.81. The van der Waals surface area contributed by atoms with Crippen molar-refractivity contribution < 1.29 is 0 Å². The van der Waals surface area contributed by atoms with Gasteiger partial charge in [-0.15, -0.1) is 5.10 Å². The molecule has 0 bridgehead atoms. The first kappa shape index (κ1) is 14.1. The minimum absolute atomic E-state index is 0.0559. The maximum absolute atomic E-state index is 5.85. The van der Waals surface area contributed by atoms with Crippen LogP contribution in [-0.4, -0.2) is 44.6 Å². The number of aromatic amines is 1. The molecule has 1 aliphatic heterocycles. The van der Waals surface area contributed by atoms with Gasteiger partial charge in [0.05, 0.1) is 0 Å². The molecule has 2 aromatic rings. The lowest BCUT2D eigenvalue weighted by molar-refractivity contribution is 0.257. The zero-order valence-electron chi connectivity index (χ0n) is 12.7. The third kappa shape index (κ3) is 2.78. The largest absolute Gasteiger partial charge is 0.340 e. The van der Waals surface area contributed by atoms with Gasteiger partial charge in [0.1, 0.15) is 6.04 Å². The maximum Gasteiger partial charge on any atom is 0.244 e. The molecule has 0 radical (unpaired) electrons. The van der Waals surface area contributed by atoms with Gasteiger partial charge < -0.3 is 10.6 Å². The third-order valence-corrected chi connectivity index (χ3v) is 4.55. The van der Waals surface area contributed by atoms with Crippen LogP contribution >= 0.6 is 0 Å². The van der Waals surface area contributed by atoms with Crippen LogP contribution in [0.2, 0.25) is 0 Å². The topological polar surface area (TPSA) is 88.7 Å². The predicted molar refractivity (Wildman–Crippen MR) is 81.0 cm³/mol. The summed E-state index contributed by atoms with van der Waals surface area (Å²) < 4.78 is 1.87. The molecule has 1 fully saturated rings. The lowest BCUT2D eigenvalue weighted by Crippen LogP contribution is -2.42. The van der Waals surface area contributed by atoms with Crippen LogP contribution in [0.5, 0.6) is 0 Å². The van der Waals surface area contributed by atoms with E-state index in [1.807, 2.05) is 16.9 Å². The Morgan fingerprint density at radius 1 is 1.43 bits per heavy atom. The highest BCUT2D eigenvalue weighted by molar-refractivity contribution is 5.30. The van der Waals surface area contributed by atoms with Crippen LogP contribution < -0.4 is 10.6 Å². The van der Waals surface area contributed by atoms with Gasteiger partial charge in [0, 0.05) is 25.5 Å². The second-order valence-electron chi connectivity index (χ2n) is 6.18. The van der Waals surface area contributed by atoms with Gasteiger partial charge in [-0.2, -0.15) is 10.1 Å². The molecule has 114 valence electrons. The summed E-state index contributed by atoms with van der Waals surface area (Å²) in [5.74, 6) is 1.61. The summed E-state index contributed by atoms with van der Waals surface area (Å²) >= 11 is 0. The lowest BCUT2D eigenvalue weighted by Gasteiger charge is -2.38. The summed E-state index contributed by atoms with van der Waals surface area (Å²) in [5, 5.41) is 11.6. The van der Waals surface area contributed by atoms with E-state index in [0.29, 0.717) is 0 Å². The molecular formula is C14H23N7. The van der Waals surface area contributed by atoms with Gasteiger partial charge in [-0.1, -0.05) is 6.92 Å². The molecule has 3 N–H and O–H groups in total. The SMILES string of the molecule is CC(c1nc(N2CCC(C)(CN)CC2)n[nH]1)n1cccn1. The number of nitrogens with two attached hydrogens (primary N) is 1. The molecule has 7 nitrogen and oxygen atoms in total. The van der Waals surface area contributed by atoms with Gasteiger partial charge >= 0.3 is 0 Å². The van der Waals surface area contributed by atoms with Gasteiger partial charge in [-0.25, -0.2) is 0 Å². The Labute approximate surface area is 124 Å². The maximum atomic E-state index is 5.85. The van der Waals surface area contributed by atoms with Gasteiger partial charge in [0.15, 0.2) is 5.82 Å². The van der Waals surface area contributed by atoms with Gasteiger partial charge in [-0.3, -0.25) is 9.78 Å². The quantitative estimate of drug-likeness (QED) is 0.882. The molecule has 7 heteroatoms. The number of nitrogens with one attached hydrogen (secondary N) is 1. The standard InChI is InChI=1S/C14H23N7/c1-11(21-7-3-6-16-21)12-17-13(19-18-12)20-8-4-14(2,10-15)5-9-20/h3,6-7,11H,4-5,8-10,15H2,1-2H3,(H,17,18,19). The molecule has 0 spiro atoms. The van der Waals surface area contributed by atoms with Gasteiger partial charge in [-0.05, 0) is 37.8 Å². The molecular weight excluding hydrogens is 266 g/mol. The third-order valence-electron chi connectivity index (χ3n) is 4.55. The number of H-pyrrole nitrogens is 1. The summed E-state index contributed by atoms with van der Waals surface area (Å²) in [4.78, 5) is 6.86. The first-order chi connectivity index (χ1) is 10.1. The van der Waals surface area contributed by atoms with Crippen molar-refractivity contribution in [2.45, 2.75) is 32.7 Å². The number of hydrogen-bond donors (Lipinski definition) is 2. The van der Waals surface area contributed by atoms with Crippen molar-refractivity contribution in [2.75, 3.05) is 24.5 Å². The summed E-state index contributed by atoms with van der Waals surface area (Å²) in [6, 6.07) is 1.96. The first-order valence-electron chi connectivity index (χ1n) is 7.48. The van der Waals surface area contributed by atoms with E-state index in [1.54, 1.807) is 6.20 Å². The summed E-state index contributed by atoms with van der Waals surface area (Å²) in [7, 11) is 0. The van der Waals surface area contributed by atoms with Crippen molar-refractivity contribution in [2.24, 2.45) is 11.1 Å². The van der Waals surface area contributed by atoms with Crippen LogP contribution in [0.25, 0.3) is 0 Å². The van der Waals surface area contributed by atoms with Crippen molar-refractivity contribution in [1.82, 2.24) is 25.0 Å². The van der Waals surface area contributed by atoms with Crippen LogP contribution in [0.15, 0.2) is 18.5 Å². The predicted octanol–water partition coefficient (Wildman–Crippen LogP) is 1.18. The number of nitrogens with zero attached hydrogens (tertiary/aromatic N) is 5. The molecule has 1 saturated heterocycles. The van der Waals surface area contributed by atoms with Crippen LogP contribution in [-0.2, 0) is 0 Å². The number of rotatable bonds is 4. The van der Waals surface area contributed by atoms with Crippen molar-refractivity contribution in [3.05, 3.63) is 24.3 Å². The van der Waals surface area contributed by atoms with Crippen molar-refractivity contribution in [1.29, 1.82) is 0 Å². The zero-order chi connectivity index (χ0) is 14.9. The van der Waals surface area contributed by atoms with E-state index < -0.39 is 0 Å². The second-order valence-corrected chi connectivity index (χ2v) is 6.18. The number of aromatic nitrogens is 5. The average Bonchev–Trinajstić information content (AvgIpc) is 3.19. The molecule has 1 atom stereocenters. The molecule has 0 amide bonds. The molecule has 0 aromatic carbocycles. The molecule has 2 aromatic heterocycles. The second kappa shape index (κ2) is 5.48. The fraction of sp³-hybridized carbons (Fsp3) is 0.643. The fourth-order valence-electron chi connectivity index (χ4n) is 2.68. The van der Waals surface area contributed by atoms with Crippen LogP contribution in [0, 0.1) is 5.41 Å². The highest BCUT2D eigenvalue weighted by atomic mass is 15.4. The summed E-state index contributed by atoms with van der Waals surface area (Å²) in [6.45, 7) is 6.98. The van der Waals surface area contributed by atoms with E-state index in [0.717, 1.165) is 44.2 Å². The Hall–Kier alpha value is -1.89. The minimum Gasteiger partial charge on any atom is -0.340 e. The Balaban J connectivity index is 1.69. The van der Waals surface area contributed by atoms with Crippen molar-refractivity contribution in [3.63, 3.8) is 0 Å². The monoisotopic (exact) mass is 289 g/mol. The highest BCUT2D eigenvalue weighted by Gasteiger charge is 2.30. The van der Waals surface area contributed by atoms with Gasteiger partial charge in [0.25, 0.3) is 0 Å². The van der Waals surface area contributed by atoms with Crippen molar-refractivity contribution >= 4 is 5.95 Å². The fourth-order valence-corrected chi connectivity index (χ4v) is 2.68. The average molecular weight is 289 g/mol. The normalized spacial score (nSPS) is 19.7. The summed E-state index contributed by atoms with van der Waals surface area (Å²) in [5.41, 5.74) is 6.12. The van der Waals surface area contributed by atoms with E-state index in [1.165, 1.54) is 0 Å². The Bertz CT molecular complexity index is 566. The molecule has 1 aliphatic rings. The Morgan fingerprint density at radius 2 is 2.19 bits per heavy atom. The first-order valence-corrected chi connectivity index (χ1v) is 7.48. The number of piperidine rings is 1. The van der Waals surface area contributed by atoms with E-state index in [4.69, 9.17) is 5.73 Å². The van der Waals surface area contributed by atoms with Crippen LogP contribution in [0.3, 0.4) is 0 Å². The van der Waals surface area contributed by atoms with Crippen LogP contribution in [0.1, 0.15) is 38.6 Å². The Kier molecular flexibility index (Phi) is 3.67. The Morgan fingerprint density at radius 3 is 2.81 bits per heavy atom. The molecule has 3 heterocycles. The molecule has 1 unspecified atom stereocenters. The van der Waals surface area contributed by atoms with E-state index in [-0.39, 0.29) is 11.5 Å². The molecule has 0 aliphatic carbocycles.